The highest BCUT2D eigenvalue weighted by Crippen LogP contribution is 1.91. The van der Waals surface area contributed by atoms with E-state index in [1.807, 2.05) is 0 Å². The summed E-state index contributed by atoms with van der Waals surface area (Å²) in [4.78, 5) is 32.5. The van der Waals surface area contributed by atoms with Gasteiger partial charge in [0.25, 0.3) is 0 Å². The monoisotopic (exact) mass is 260 g/mol. The Balaban J connectivity index is -0.00000112. The van der Waals surface area contributed by atoms with Gasteiger partial charge < -0.3 is 15.7 Å². The maximum atomic E-state index is 11.2. The smallest absolute Gasteiger partial charge is 0.326 e. The van der Waals surface area contributed by atoms with Crippen LogP contribution in [0.4, 0.5) is 0 Å². The highest BCUT2D eigenvalue weighted by Gasteiger charge is 2.17. The number of allylic oxidation sites excluding steroid dienone is 1. The zero-order valence-corrected chi connectivity index (χ0v) is 9.32. The molecule has 0 spiro atoms. The molecular formula is C12H24N2O4. The average molecular weight is 260 g/mol. The van der Waals surface area contributed by atoms with Crippen molar-refractivity contribution in [2.24, 2.45) is 0 Å². The topological polar surface area (TPSA) is 95.5 Å². The van der Waals surface area contributed by atoms with E-state index in [-0.39, 0.29) is 27.1 Å². The molecule has 0 aliphatic rings. The van der Waals surface area contributed by atoms with E-state index >= 15 is 0 Å². The number of aliphatic carboxylic acids is 1. The van der Waals surface area contributed by atoms with E-state index in [0.29, 0.717) is 6.54 Å². The Kier molecular flexibility index (Phi) is 14.1. The number of carbonyl (C=O) groups excluding carboxylic acids is 2. The Morgan fingerprint density at radius 3 is 2.17 bits per heavy atom. The van der Waals surface area contributed by atoms with Crippen molar-refractivity contribution in [2.45, 2.75) is 34.2 Å². The minimum absolute atomic E-state index is 0. The lowest BCUT2D eigenvalue weighted by atomic mass is 10.2. The van der Waals surface area contributed by atoms with Gasteiger partial charge in [-0.15, -0.1) is 0 Å². The van der Waals surface area contributed by atoms with Crippen molar-refractivity contribution < 1.29 is 19.5 Å². The molecule has 0 radical (unpaired) electrons. The summed E-state index contributed by atoms with van der Waals surface area (Å²) in [5, 5.41) is 13.9. The number of carbonyl (C=O) groups is 3. The van der Waals surface area contributed by atoms with Gasteiger partial charge in [-0.3, -0.25) is 9.59 Å². The second-order valence-corrected chi connectivity index (χ2v) is 3.24. The third-order valence-corrected chi connectivity index (χ3v) is 1.77. The van der Waals surface area contributed by atoms with Crippen LogP contribution in [-0.4, -0.2) is 42.4 Å². The van der Waals surface area contributed by atoms with Gasteiger partial charge in [-0.25, -0.2) is 4.79 Å². The Bertz CT molecular complexity index is 300. The highest BCUT2D eigenvalue weighted by molar-refractivity contribution is 5.97. The molecule has 0 heterocycles. The summed E-state index contributed by atoms with van der Waals surface area (Å²) in [7, 11) is 1.69. The largest absolute Gasteiger partial charge is 0.480 e. The molecule has 3 N–H and O–H groups in total. The molecule has 6 nitrogen and oxygen atoms in total. The van der Waals surface area contributed by atoms with Gasteiger partial charge in [-0.05, 0) is 33.0 Å². The van der Waals surface area contributed by atoms with E-state index in [2.05, 4.69) is 10.6 Å². The Labute approximate surface area is 108 Å². The second-order valence-electron chi connectivity index (χ2n) is 3.24. The average Bonchev–Trinajstić information content (AvgIpc) is 2.20. The molecule has 18 heavy (non-hydrogen) atoms. The van der Waals surface area contributed by atoms with Gasteiger partial charge in [-0.1, -0.05) is 14.9 Å². The maximum Gasteiger partial charge on any atom is 0.326 e. The van der Waals surface area contributed by atoms with Crippen molar-refractivity contribution in [3.8, 4) is 0 Å². The Morgan fingerprint density at radius 2 is 1.78 bits per heavy atom. The fourth-order valence-electron chi connectivity index (χ4n) is 0.959. The van der Waals surface area contributed by atoms with Crippen LogP contribution in [0.5, 0.6) is 0 Å². The molecule has 0 aliphatic heterocycles. The van der Waals surface area contributed by atoms with Crippen molar-refractivity contribution in [1.29, 1.82) is 0 Å². The van der Waals surface area contributed by atoms with Gasteiger partial charge in [-0.2, -0.15) is 0 Å². The predicted octanol–water partition coefficient (Wildman–Crippen LogP) is 0.583. The van der Waals surface area contributed by atoms with Crippen molar-refractivity contribution in [1.82, 2.24) is 10.6 Å². The molecule has 0 aromatic heterocycles. The zero-order valence-electron chi connectivity index (χ0n) is 9.32. The number of carboxylic acids is 1. The molecule has 106 valence electrons. The van der Waals surface area contributed by atoms with Gasteiger partial charge >= 0.3 is 5.97 Å². The molecule has 6 heteroatoms. The summed E-state index contributed by atoms with van der Waals surface area (Å²) in [5.74, 6) is -1.95. The van der Waals surface area contributed by atoms with Crippen LogP contribution in [0, 0.1) is 0 Å². The predicted molar refractivity (Wildman–Crippen MR) is 71.4 cm³/mol. The van der Waals surface area contributed by atoms with Crippen molar-refractivity contribution in [3.05, 3.63) is 12.2 Å². The van der Waals surface area contributed by atoms with E-state index < -0.39 is 17.9 Å². The molecule has 0 saturated heterocycles. The van der Waals surface area contributed by atoms with Crippen molar-refractivity contribution in [3.63, 3.8) is 0 Å². The van der Waals surface area contributed by atoms with Crippen LogP contribution in [0.15, 0.2) is 12.2 Å². The van der Waals surface area contributed by atoms with Gasteiger partial charge in [0.1, 0.15) is 6.04 Å². The SMILES string of the molecule is C.C.CNCC[C@@H](NC(=O)/C=C/C(C)=O)C(=O)O. The number of nitrogens with one attached hydrogen (secondary N) is 2. The molecule has 0 aromatic carbocycles. The molecule has 0 bridgehead atoms. The van der Waals surface area contributed by atoms with E-state index in [1.165, 1.54) is 6.92 Å². The molecule has 0 saturated carbocycles. The number of amides is 1. The molecule has 1 amide bonds. The molecule has 0 unspecified atom stereocenters. The molecular weight excluding hydrogens is 236 g/mol. The first-order chi connectivity index (χ1) is 7.47. The fraction of sp³-hybridized carbons (Fsp3) is 0.583. The summed E-state index contributed by atoms with van der Waals surface area (Å²) in [6, 6.07) is -0.948. The highest BCUT2D eigenvalue weighted by atomic mass is 16.4. The number of carboxylic acid groups (broad SMARTS) is 1. The third kappa shape index (κ3) is 10.8. The lowest BCUT2D eigenvalue weighted by Crippen LogP contribution is -2.41. The van der Waals surface area contributed by atoms with Crippen LogP contribution in [0.25, 0.3) is 0 Å². The van der Waals surface area contributed by atoms with E-state index in [9.17, 15) is 14.4 Å². The van der Waals surface area contributed by atoms with Crippen LogP contribution in [0.2, 0.25) is 0 Å². The summed E-state index contributed by atoms with van der Waals surface area (Å²) < 4.78 is 0. The minimum Gasteiger partial charge on any atom is -0.480 e. The molecule has 0 aliphatic carbocycles. The minimum atomic E-state index is -1.10. The van der Waals surface area contributed by atoms with E-state index in [4.69, 9.17) is 5.11 Å². The van der Waals surface area contributed by atoms with Gasteiger partial charge in [0.05, 0.1) is 0 Å². The summed E-state index contributed by atoms with van der Waals surface area (Å²) >= 11 is 0. The number of hydrogen-bond donors (Lipinski definition) is 3. The number of ketones is 1. The first-order valence-electron chi connectivity index (χ1n) is 4.84. The Morgan fingerprint density at radius 1 is 1.22 bits per heavy atom. The van der Waals surface area contributed by atoms with E-state index in [1.54, 1.807) is 7.05 Å². The molecule has 1 atom stereocenters. The van der Waals surface area contributed by atoms with Crippen molar-refractivity contribution in [2.75, 3.05) is 13.6 Å². The van der Waals surface area contributed by atoms with E-state index in [0.717, 1.165) is 12.2 Å². The molecule has 0 fully saturated rings. The maximum absolute atomic E-state index is 11.2. The first kappa shape index (κ1) is 21.6. The van der Waals surface area contributed by atoms with Crippen molar-refractivity contribution >= 4 is 17.7 Å². The summed E-state index contributed by atoms with van der Waals surface area (Å²) in [5.41, 5.74) is 0. The van der Waals surface area contributed by atoms with Crippen LogP contribution in [-0.2, 0) is 14.4 Å². The summed E-state index contributed by atoms with van der Waals surface area (Å²) in [6.45, 7) is 1.78. The lowest BCUT2D eigenvalue weighted by Gasteiger charge is -2.12. The zero-order chi connectivity index (χ0) is 12.6. The van der Waals surface area contributed by atoms with Crippen LogP contribution < -0.4 is 10.6 Å². The standard InChI is InChI=1S/C10H16N2O4.2CH4/c1-7(13)3-4-9(14)12-8(10(15)16)5-6-11-2;;/h3-4,8,11H,5-6H2,1-2H3,(H,12,14)(H,15,16);2*1H4/b4-3+;;/t8-;;/m1../s1. The number of rotatable bonds is 7. The second kappa shape index (κ2) is 11.8. The summed E-state index contributed by atoms with van der Waals surface area (Å²) in [6.07, 6.45) is 2.40. The molecule has 0 rings (SSSR count). The van der Waals surface area contributed by atoms with Crippen LogP contribution in [0.3, 0.4) is 0 Å². The van der Waals surface area contributed by atoms with Crippen LogP contribution in [0.1, 0.15) is 28.2 Å². The van der Waals surface area contributed by atoms with Gasteiger partial charge in [0.2, 0.25) is 5.91 Å². The Hall–Kier alpha value is -1.69. The number of hydrogen-bond acceptors (Lipinski definition) is 4. The quantitative estimate of drug-likeness (QED) is 0.582. The van der Waals surface area contributed by atoms with Gasteiger partial charge in [0, 0.05) is 6.08 Å². The normalized spacial score (nSPS) is 11.0. The third-order valence-electron chi connectivity index (χ3n) is 1.77. The van der Waals surface area contributed by atoms with Gasteiger partial charge in [0.15, 0.2) is 5.78 Å². The first-order valence-corrected chi connectivity index (χ1v) is 4.84. The fourth-order valence-corrected chi connectivity index (χ4v) is 0.959. The molecule has 0 aromatic rings. The lowest BCUT2D eigenvalue weighted by molar-refractivity contribution is -0.141. The van der Waals surface area contributed by atoms with Crippen LogP contribution >= 0.6 is 0 Å².